The normalized spacial score (nSPS) is 25.8. The molecule has 1 fully saturated rings. The number of Topliss-reactive ketones (excluding diaryl/α,β-unsaturated/α-hetero) is 1. The smallest absolute Gasteiger partial charge is 0.255 e. The number of rotatable bonds is 6. The van der Waals surface area contributed by atoms with Crippen LogP contribution in [-0.4, -0.2) is 34.0 Å². The summed E-state index contributed by atoms with van der Waals surface area (Å²) >= 11 is 0. The maximum Gasteiger partial charge on any atom is 0.255 e. The van der Waals surface area contributed by atoms with Crippen LogP contribution in [0.3, 0.4) is 0 Å². The highest BCUT2D eigenvalue weighted by Crippen LogP contribution is 2.58. The van der Waals surface area contributed by atoms with Gasteiger partial charge in [-0.25, -0.2) is 0 Å². The minimum absolute atomic E-state index is 0.0405. The molecule has 6 heteroatoms. The Labute approximate surface area is 205 Å². The van der Waals surface area contributed by atoms with Crippen molar-refractivity contribution in [2.45, 2.75) is 69.8 Å². The fourth-order valence-electron chi connectivity index (χ4n) is 6.63. The van der Waals surface area contributed by atoms with Crippen LogP contribution in [0.2, 0.25) is 0 Å². The van der Waals surface area contributed by atoms with Gasteiger partial charge in [-0.05, 0) is 67.0 Å². The molecule has 1 amide bonds. The maximum atomic E-state index is 13.1. The minimum Gasteiger partial charge on any atom is -0.507 e. The zero-order chi connectivity index (χ0) is 24.8. The number of amides is 1. The first-order chi connectivity index (χ1) is 16.8. The van der Waals surface area contributed by atoms with Gasteiger partial charge in [0, 0.05) is 35.8 Å². The molecule has 5 rings (SSSR count). The molecule has 0 bridgehead atoms. The van der Waals surface area contributed by atoms with Crippen LogP contribution in [0.5, 0.6) is 5.75 Å². The summed E-state index contributed by atoms with van der Waals surface area (Å²) in [4.78, 5) is 25.8. The maximum absolute atomic E-state index is 13.1. The monoisotopic (exact) mass is 475 g/mol. The Balaban J connectivity index is 1.43. The highest BCUT2D eigenvalue weighted by Gasteiger charge is 2.60. The van der Waals surface area contributed by atoms with Crippen LogP contribution >= 0.6 is 0 Å². The number of aromatic hydroxyl groups is 1. The molecular formula is C29H33NO5. The van der Waals surface area contributed by atoms with Crippen LogP contribution in [0.25, 0.3) is 11.0 Å². The lowest BCUT2D eigenvalue weighted by atomic mass is 9.49. The summed E-state index contributed by atoms with van der Waals surface area (Å²) in [5.74, 6) is -0.382. The van der Waals surface area contributed by atoms with Crippen LogP contribution < -0.4 is 5.32 Å². The lowest BCUT2D eigenvalue weighted by Crippen LogP contribution is -2.62. The van der Waals surface area contributed by atoms with E-state index in [1.807, 2.05) is 44.2 Å². The van der Waals surface area contributed by atoms with Gasteiger partial charge in [0.15, 0.2) is 0 Å². The second kappa shape index (κ2) is 8.83. The summed E-state index contributed by atoms with van der Waals surface area (Å²) in [5.41, 5.74) is 1.68. The summed E-state index contributed by atoms with van der Waals surface area (Å²) in [5, 5.41) is 27.3. The van der Waals surface area contributed by atoms with Gasteiger partial charge in [-0.3, -0.25) is 9.59 Å². The molecule has 0 spiro atoms. The number of phenols is 1. The number of fused-ring (bicyclic) bond motifs is 4. The summed E-state index contributed by atoms with van der Waals surface area (Å²) in [6.07, 6.45) is 5.20. The van der Waals surface area contributed by atoms with Gasteiger partial charge in [-0.15, -0.1) is 0 Å². The van der Waals surface area contributed by atoms with Crippen molar-refractivity contribution in [3.63, 3.8) is 0 Å². The van der Waals surface area contributed by atoms with E-state index in [0.717, 1.165) is 28.5 Å². The van der Waals surface area contributed by atoms with E-state index in [4.69, 9.17) is 4.42 Å². The first kappa shape index (κ1) is 23.6. The summed E-state index contributed by atoms with van der Waals surface area (Å²) in [6, 6.07) is 11.4. The fourth-order valence-corrected chi connectivity index (χ4v) is 6.63. The van der Waals surface area contributed by atoms with Crippen LogP contribution in [0.4, 0.5) is 0 Å². The zero-order valence-electron chi connectivity index (χ0n) is 20.4. The number of furan rings is 1. The predicted molar refractivity (Wildman–Crippen MR) is 134 cm³/mol. The largest absolute Gasteiger partial charge is 0.507 e. The lowest BCUT2D eigenvalue weighted by Gasteiger charge is -2.57. The molecule has 0 aliphatic heterocycles. The predicted octanol–water partition coefficient (Wildman–Crippen LogP) is 4.83. The number of hydrogen-bond acceptors (Lipinski definition) is 5. The first-order valence-electron chi connectivity index (χ1n) is 12.6. The molecule has 1 aromatic heterocycles. The third-order valence-corrected chi connectivity index (χ3v) is 8.33. The standard InChI is InChI=1S/C29H33NO5/c1-3-11-28-17-22(31)8-12-29(28,34)18(2)15-21-5-6-23(26(32)25(21)28)27(33)30-13-9-19-4-7-24-20(16-19)10-14-35-24/h4-7,10,14,16,18,32,34H,3,8-9,11-13,15,17H2,1-2H3,(H,30,33)/t18-,28-,29-/m1/s1. The second-order valence-corrected chi connectivity index (χ2v) is 10.4. The molecule has 3 aromatic rings. The molecule has 1 saturated carbocycles. The fraction of sp³-hybridized carbons (Fsp3) is 0.448. The molecule has 35 heavy (non-hydrogen) atoms. The molecule has 184 valence electrons. The average Bonchev–Trinajstić information content (AvgIpc) is 3.29. The summed E-state index contributed by atoms with van der Waals surface area (Å²) in [7, 11) is 0. The van der Waals surface area contributed by atoms with Crippen molar-refractivity contribution in [3.05, 3.63) is 64.9 Å². The molecule has 3 N–H and O–H groups in total. The Bertz CT molecular complexity index is 1290. The number of aliphatic hydroxyl groups is 1. The number of ketones is 1. The van der Waals surface area contributed by atoms with Gasteiger partial charge in [-0.2, -0.15) is 0 Å². The van der Waals surface area contributed by atoms with Crippen molar-refractivity contribution in [2.24, 2.45) is 5.92 Å². The third-order valence-electron chi connectivity index (χ3n) is 8.33. The van der Waals surface area contributed by atoms with Gasteiger partial charge in [0.2, 0.25) is 0 Å². The highest BCUT2D eigenvalue weighted by molar-refractivity contribution is 5.98. The molecule has 0 saturated heterocycles. The lowest BCUT2D eigenvalue weighted by molar-refractivity contribution is -0.148. The number of nitrogens with one attached hydrogen (secondary N) is 1. The number of carbonyl (C=O) groups excluding carboxylic acids is 2. The third kappa shape index (κ3) is 3.75. The molecule has 6 nitrogen and oxygen atoms in total. The van der Waals surface area contributed by atoms with Gasteiger partial charge in [0.1, 0.15) is 17.1 Å². The van der Waals surface area contributed by atoms with Crippen molar-refractivity contribution < 1.29 is 24.2 Å². The van der Waals surface area contributed by atoms with Crippen LogP contribution in [0, 0.1) is 5.92 Å². The van der Waals surface area contributed by atoms with Crippen LogP contribution in [0.15, 0.2) is 47.1 Å². The topological polar surface area (TPSA) is 99.8 Å². The van der Waals surface area contributed by atoms with Crippen LogP contribution in [0.1, 0.15) is 73.0 Å². The van der Waals surface area contributed by atoms with E-state index >= 15 is 0 Å². The van der Waals surface area contributed by atoms with Crippen molar-refractivity contribution in [1.29, 1.82) is 0 Å². The SMILES string of the molecule is CCC[C@]12CC(=O)CC[C@@]1(O)[C@H](C)Cc1ccc(C(=O)NCCc3ccc4occc4c3)c(O)c12. The molecule has 2 aliphatic carbocycles. The van der Waals surface area contributed by atoms with E-state index in [1.165, 1.54) is 0 Å². The summed E-state index contributed by atoms with van der Waals surface area (Å²) in [6.45, 7) is 4.47. The Morgan fingerprint density at radius 3 is 2.86 bits per heavy atom. The van der Waals surface area contributed by atoms with Crippen molar-refractivity contribution in [3.8, 4) is 5.75 Å². The Hall–Kier alpha value is -3.12. The van der Waals surface area contributed by atoms with E-state index < -0.39 is 11.0 Å². The molecule has 1 heterocycles. The van der Waals surface area contributed by atoms with E-state index in [1.54, 1.807) is 12.3 Å². The molecule has 2 aliphatic rings. The first-order valence-corrected chi connectivity index (χ1v) is 12.6. The molecule has 0 unspecified atom stereocenters. The van der Waals surface area contributed by atoms with E-state index in [2.05, 4.69) is 5.32 Å². The Kier molecular flexibility index (Phi) is 5.96. The van der Waals surface area contributed by atoms with Gasteiger partial charge in [0.25, 0.3) is 5.91 Å². The van der Waals surface area contributed by atoms with E-state index in [0.29, 0.717) is 44.2 Å². The van der Waals surface area contributed by atoms with Crippen molar-refractivity contribution in [2.75, 3.05) is 6.54 Å². The Morgan fingerprint density at radius 2 is 2.06 bits per heavy atom. The van der Waals surface area contributed by atoms with Gasteiger partial charge in [0.05, 0.1) is 17.4 Å². The van der Waals surface area contributed by atoms with Crippen molar-refractivity contribution in [1.82, 2.24) is 5.32 Å². The molecular weight excluding hydrogens is 442 g/mol. The van der Waals surface area contributed by atoms with E-state index in [9.17, 15) is 19.8 Å². The van der Waals surface area contributed by atoms with Gasteiger partial charge < -0.3 is 19.9 Å². The number of hydrogen-bond donors (Lipinski definition) is 3. The summed E-state index contributed by atoms with van der Waals surface area (Å²) < 4.78 is 5.38. The Morgan fingerprint density at radius 1 is 1.23 bits per heavy atom. The molecule has 0 radical (unpaired) electrons. The quantitative estimate of drug-likeness (QED) is 0.474. The average molecular weight is 476 g/mol. The van der Waals surface area contributed by atoms with Gasteiger partial charge in [-0.1, -0.05) is 32.4 Å². The molecule has 2 aromatic carbocycles. The second-order valence-electron chi connectivity index (χ2n) is 10.4. The number of phenolic OH excluding ortho intramolecular Hbond substituents is 1. The van der Waals surface area contributed by atoms with Crippen molar-refractivity contribution >= 4 is 22.7 Å². The number of carbonyl (C=O) groups is 2. The zero-order valence-corrected chi connectivity index (χ0v) is 20.4. The number of benzene rings is 2. The van der Waals surface area contributed by atoms with Gasteiger partial charge >= 0.3 is 0 Å². The van der Waals surface area contributed by atoms with E-state index in [-0.39, 0.29) is 35.3 Å². The highest BCUT2D eigenvalue weighted by atomic mass is 16.3. The minimum atomic E-state index is -1.08. The van der Waals surface area contributed by atoms with Crippen LogP contribution in [-0.2, 0) is 23.1 Å². The molecule has 3 atom stereocenters.